The predicted molar refractivity (Wildman–Crippen MR) is 84.8 cm³/mol. The van der Waals surface area contributed by atoms with Gasteiger partial charge in [0.1, 0.15) is 11.5 Å². The molecule has 0 aliphatic carbocycles. The molecular weight excluding hydrogens is 264 g/mol. The quantitative estimate of drug-likeness (QED) is 0.827. The van der Waals surface area contributed by atoms with Crippen LogP contribution in [0.1, 0.15) is 29.3 Å². The first kappa shape index (κ1) is 14.9. The highest BCUT2D eigenvalue weighted by molar-refractivity contribution is 5.97. The van der Waals surface area contributed by atoms with Crippen LogP contribution < -0.4 is 15.8 Å². The fraction of sp³-hybridized carbons (Fsp3) is 0.235. The Hall–Kier alpha value is -2.49. The van der Waals surface area contributed by atoms with Gasteiger partial charge in [0.25, 0.3) is 5.91 Å². The van der Waals surface area contributed by atoms with Gasteiger partial charge in [-0.1, -0.05) is 25.5 Å². The standard InChI is InChI=1S/C17H20N2O2/c1-3-4-12-5-8-14(9-6-12)21-16-11-13(18)7-10-15(16)17(20)19-2/h5-11H,3-4,18H2,1-2H3,(H,19,20). The van der Waals surface area contributed by atoms with Crippen molar-refractivity contribution in [3.8, 4) is 11.5 Å². The SMILES string of the molecule is CCCc1ccc(Oc2cc(N)ccc2C(=O)NC)cc1. The Morgan fingerprint density at radius 3 is 2.52 bits per heavy atom. The molecule has 0 aliphatic rings. The van der Waals surface area contributed by atoms with Gasteiger partial charge in [-0.2, -0.15) is 0 Å². The molecule has 0 fully saturated rings. The monoisotopic (exact) mass is 284 g/mol. The topological polar surface area (TPSA) is 64.3 Å². The van der Waals surface area contributed by atoms with E-state index >= 15 is 0 Å². The van der Waals surface area contributed by atoms with Gasteiger partial charge in [-0.3, -0.25) is 4.79 Å². The second-order valence-corrected chi connectivity index (χ2v) is 4.83. The van der Waals surface area contributed by atoms with Crippen LogP contribution in [0, 0.1) is 0 Å². The zero-order chi connectivity index (χ0) is 15.2. The molecule has 0 bridgehead atoms. The number of carbonyl (C=O) groups is 1. The zero-order valence-corrected chi connectivity index (χ0v) is 12.3. The minimum Gasteiger partial charge on any atom is -0.456 e. The fourth-order valence-electron chi connectivity index (χ4n) is 2.09. The largest absolute Gasteiger partial charge is 0.456 e. The summed E-state index contributed by atoms with van der Waals surface area (Å²) in [5.74, 6) is 0.941. The molecule has 1 amide bonds. The first-order valence-corrected chi connectivity index (χ1v) is 7.02. The molecule has 2 aromatic rings. The van der Waals surface area contributed by atoms with Crippen LogP contribution in [0.15, 0.2) is 42.5 Å². The summed E-state index contributed by atoms with van der Waals surface area (Å²) in [5.41, 5.74) is 8.06. The number of nitrogen functional groups attached to an aromatic ring is 1. The van der Waals surface area contributed by atoms with Crippen LogP contribution in [0.3, 0.4) is 0 Å². The van der Waals surface area contributed by atoms with Gasteiger partial charge in [-0.15, -0.1) is 0 Å². The Kier molecular flexibility index (Phi) is 4.82. The number of benzene rings is 2. The molecule has 0 saturated heterocycles. The zero-order valence-electron chi connectivity index (χ0n) is 12.3. The first-order chi connectivity index (χ1) is 10.1. The summed E-state index contributed by atoms with van der Waals surface area (Å²) < 4.78 is 5.81. The molecule has 0 atom stereocenters. The second kappa shape index (κ2) is 6.79. The van der Waals surface area contributed by atoms with E-state index in [4.69, 9.17) is 10.5 Å². The summed E-state index contributed by atoms with van der Waals surface area (Å²) in [6.45, 7) is 2.15. The first-order valence-electron chi connectivity index (χ1n) is 7.02. The molecule has 110 valence electrons. The lowest BCUT2D eigenvalue weighted by Gasteiger charge is -2.11. The van der Waals surface area contributed by atoms with Crippen molar-refractivity contribution in [3.05, 3.63) is 53.6 Å². The number of nitrogens with two attached hydrogens (primary N) is 1. The highest BCUT2D eigenvalue weighted by Gasteiger charge is 2.12. The van der Waals surface area contributed by atoms with Crippen molar-refractivity contribution in [1.29, 1.82) is 0 Å². The van der Waals surface area contributed by atoms with Crippen molar-refractivity contribution in [3.63, 3.8) is 0 Å². The molecule has 0 heterocycles. The maximum Gasteiger partial charge on any atom is 0.254 e. The molecule has 4 nitrogen and oxygen atoms in total. The lowest BCUT2D eigenvalue weighted by Crippen LogP contribution is -2.18. The van der Waals surface area contributed by atoms with Crippen molar-refractivity contribution in [2.75, 3.05) is 12.8 Å². The van der Waals surface area contributed by atoms with E-state index in [1.807, 2.05) is 24.3 Å². The molecule has 2 rings (SSSR count). The van der Waals surface area contributed by atoms with Crippen molar-refractivity contribution in [2.24, 2.45) is 0 Å². The summed E-state index contributed by atoms with van der Waals surface area (Å²) in [7, 11) is 1.59. The summed E-state index contributed by atoms with van der Waals surface area (Å²) in [6.07, 6.45) is 2.15. The van der Waals surface area contributed by atoms with Crippen LogP contribution in [0.25, 0.3) is 0 Å². The van der Waals surface area contributed by atoms with Gasteiger partial charge in [0, 0.05) is 18.8 Å². The number of nitrogens with one attached hydrogen (secondary N) is 1. The van der Waals surface area contributed by atoms with Crippen molar-refractivity contribution >= 4 is 11.6 Å². The molecule has 0 aliphatic heterocycles. The molecule has 0 aromatic heterocycles. The molecule has 0 spiro atoms. The lowest BCUT2D eigenvalue weighted by molar-refractivity contribution is 0.0961. The molecule has 0 radical (unpaired) electrons. The van der Waals surface area contributed by atoms with Crippen molar-refractivity contribution in [2.45, 2.75) is 19.8 Å². The van der Waals surface area contributed by atoms with Crippen LogP contribution in [-0.2, 0) is 6.42 Å². The Morgan fingerprint density at radius 2 is 1.90 bits per heavy atom. The minimum absolute atomic E-state index is 0.201. The number of anilines is 1. The average molecular weight is 284 g/mol. The van der Waals surface area contributed by atoms with Crippen molar-refractivity contribution < 1.29 is 9.53 Å². The number of rotatable bonds is 5. The number of hydrogen-bond donors (Lipinski definition) is 2. The van der Waals surface area contributed by atoms with E-state index in [0.717, 1.165) is 12.8 Å². The molecule has 0 saturated carbocycles. The van der Waals surface area contributed by atoms with E-state index in [2.05, 4.69) is 12.2 Å². The second-order valence-electron chi connectivity index (χ2n) is 4.83. The number of hydrogen-bond acceptors (Lipinski definition) is 3. The molecule has 0 unspecified atom stereocenters. The lowest BCUT2D eigenvalue weighted by atomic mass is 10.1. The average Bonchev–Trinajstić information content (AvgIpc) is 2.49. The minimum atomic E-state index is -0.201. The third-order valence-corrected chi connectivity index (χ3v) is 3.17. The van der Waals surface area contributed by atoms with Crippen LogP contribution in [0.5, 0.6) is 11.5 Å². The Bertz CT molecular complexity index is 621. The summed E-state index contributed by atoms with van der Waals surface area (Å²) in [5, 5.41) is 2.59. The molecular formula is C17H20N2O2. The van der Waals surface area contributed by atoms with Crippen LogP contribution in [0.2, 0.25) is 0 Å². The maximum absolute atomic E-state index is 11.8. The van der Waals surface area contributed by atoms with Gasteiger partial charge in [-0.25, -0.2) is 0 Å². The normalized spacial score (nSPS) is 10.2. The Morgan fingerprint density at radius 1 is 1.19 bits per heavy atom. The number of carbonyl (C=O) groups excluding carboxylic acids is 1. The number of ether oxygens (including phenoxy) is 1. The number of amides is 1. The fourth-order valence-corrected chi connectivity index (χ4v) is 2.09. The van der Waals surface area contributed by atoms with Crippen LogP contribution in [0.4, 0.5) is 5.69 Å². The predicted octanol–water partition coefficient (Wildman–Crippen LogP) is 3.37. The van der Waals surface area contributed by atoms with Gasteiger partial charge in [-0.05, 0) is 36.2 Å². The maximum atomic E-state index is 11.8. The van der Waals surface area contributed by atoms with E-state index in [0.29, 0.717) is 22.7 Å². The van der Waals surface area contributed by atoms with Gasteiger partial charge in [0.2, 0.25) is 0 Å². The van der Waals surface area contributed by atoms with Gasteiger partial charge < -0.3 is 15.8 Å². The third kappa shape index (κ3) is 3.75. The van der Waals surface area contributed by atoms with E-state index < -0.39 is 0 Å². The van der Waals surface area contributed by atoms with Gasteiger partial charge >= 0.3 is 0 Å². The molecule has 21 heavy (non-hydrogen) atoms. The smallest absolute Gasteiger partial charge is 0.254 e. The highest BCUT2D eigenvalue weighted by atomic mass is 16.5. The van der Waals surface area contributed by atoms with E-state index in [1.165, 1.54) is 5.56 Å². The van der Waals surface area contributed by atoms with E-state index in [-0.39, 0.29) is 5.91 Å². The Labute approximate surface area is 124 Å². The van der Waals surface area contributed by atoms with Gasteiger partial charge in [0.05, 0.1) is 5.56 Å². The third-order valence-electron chi connectivity index (χ3n) is 3.17. The van der Waals surface area contributed by atoms with E-state index in [1.54, 1.807) is 25.2 Å². The van der Waals surface area contributed by atoms with Crippen LogP contribution >= 0.6 is 0 Å². The molecule has 4 heteroatoms. The van der Waals surface area contributed by atoms with Gasteiger partial charge in [0.15, 0.2) is 0 Å². The van der Waals surface area contributed by atoms with Crippen molar-refractivity contribution in [1.82, 2.24) is 5.32 Å². The number of aryl methyl sites for hydroxylation is 1. The highest BCUT2D eigenvalue weighted by Crippen LogP contribution is 2.28. The summed E-state index contributed by atoms with van der Waals surface area (Å²) >= 11 is 0. The van der Waals surface area contributed by atoms with Crippen LogP contribution in [-0.4, -0.2) is 13.0 Å². The molecule has 3 N–H and O–H groups in total. The Balaban J connectivity index is 2.25. The molecule has 2 aromatic carbocycles. The van der Waals surface area contributed by atoms with E-state index in [9.17, 15) is 4.79 Å². The summed E-state index contributed by atoms with van der Waals surface area (Å²) in [4.78, 5) is 11.8. The summed E-state index contributed by atoms with van der Waals surface area (Å²) in [6, 6.07) is 12.9.